The zero-order valence-electron chi connectivity index (χ0n) is 26.6. The summed E-state index contributed by atoms with van der Waals surface area (Å²) in [4.78, 5) is 11.6. The Bertz CT molecular complexity index is 766. The van der Waals surface area contributed by atoms with Crippen molar-refractivity contribution >= 4 is 5.97 Å². The molecule has 1 unspecified atom stereocenters. The van der Waals surface area contributed by atoms with Crippen LogP contribution in [0.25, 0.3) is 0 Å². The van der Waals surface area contributed by atoms with Crippen LogP contribution in [-0.4, -0.2) is 69.1 Å². The lowest BCUT2D eigenvalue weighted by atomic mass is 9.99. The van der Waals surface area contributed by atoms with Crippen LogP contribution in [0.2, 0.25) is 0 Å². The Balaban J connectivity index is 1.43. The summed E-state index contributed by atoms with van der Waals surface area (Å²) in [7, 11) is 0. The van der Waals surface area contributed by atoms with Gasteiger partial charge in [0.1, 0.15) is 6.10 Å². The molecule has 1 saturated heterocycles. The minimum atomic E-state index is -0.533. The van der Waals surface area contributed by atoms with Crippen LogP contribution in [0.5, 0.6) is 0 Å². The largest absolute Gasteiger partial charge is 0.455 e. The van der Waals surface area contributed by atoms with E-state index in [4.69, 9.17) is 9.47 Å². The van der Waals surface area contributed by atoms with E-state index in [9.17, 15) is 25.2 Å². The Labute approximate surface area is 255 Å². The van der Waals surface area contributed by atoms with Gasteiger partial charge in [0.2, 0.25) is 0 Å². The molecule has 7 atom stereocenters. The number of carbonyl (C=O) groups is 1. The molecule has 0 saturated carbocycles. The molecule has 4 N–H and O–H groups in total. The number of carbonyl (C=O) groups excluding carboxylic acids is 1. The highest BCUT2D eigenvalue weighted by Gasteiger charge is 2.34. The van der Waals surface area contributed by atoms with Crippen LogP contribution in [0.15, 0.2) is 23.8 Å². The smallest absolute Gasteiger partial charge is 0.334 e. The van der Waals surface area contributed by atoms with E-state index in [1.807, 2.05) is 6.92 Å². The number of aliphatic hydroxyl groups excluding tert-OH is 4. The molecule has 0 aliphatic carbocycles. The van der Waals surface area contributed by atoms with Crippen molar-refractivity contribution in [2.45, 2.75) is 191 Å². The van der Waals surface area contributed by atoms with Gasteiger partial charge in [-0.3, -0.25) is 0 Å². The van der Waals surface area contributed by atoms with E-state index in [1.165, 1.54) is 38.5 Å². The van der Waals surface area contributed by atoms with Crippen molar-refractivity contribution in [1.29, 1.82) is 0 Å². The van der Waals surface area contributed by atoms with Gasteiger partial charge < -0.3 is 29.9 Å². The molecule has 2 aliphatic heterocycles. The average molecular weight is 595 g/mol. The van der Waals surface area contributed by atoms with Crippen LogP contribution in [-0.2, 0) is 14.3 Å². The minimum absolute atomic E-state index is 0.181. The van der Waals surface area contributed by atoms with Gasteiger partial charge in [-0.2, -0.15) is 0 Å². The Kier molecular flexibility index (Phi) is 19.6. The fourth-order valence-corrected chi connectivity index (χ4v) is 6.12. The van der Waals surface area contributed by atoms with Gasteiger partial charge in [0.15, 0.2) is 0 Å². The third-order valence-corrected chi connectivity index (χ3v) is 8.77. The first-order chi connectivity index (χ1) is 20.3. The number of esters is 1. The van der Waals surface area contributed by atoms with E-state index in [2.05, 4.69) is 19.1 Å². The molecular weight excluding hydrogens is 532 g/mol. The Hall–Kier alpha value is -1.25. The molecular formula is C35H62O7. The molecule has 1 fully saturated rings. The van der Waals surface area contributed by atoms with Crippen LogP contribution in [0.4, 0.5) is 0 Å². The molecule has 0 amide bonds. The summed E-state index contributed by atoms with van der Waals surface area (Å²) in [5.41, 5.74) is 0.574. The average Bonchev–Trinajstić information content (AvgIpc) is 3.58. The first kappa shape index (κ1) is 36.9. The maximum atomic E-state index is 11.6. The maximum Gasteiger partial charge on any atom is 0.334 e. The first-order valence-electron chi connectivity index (χ1n) is 17.2. The quantitative estimate of drug-likeness (QED) is 0.0520. The normalized spacial score (nSPS) is 23.7. The molecule has 2 rings (SSSR count). The topological polar surface area (TPSA) is 116 Å². The second-order valence-corrected chi connectivity index (χ2v) is 12.8. The Morgan fingerprint density at radius 3 is 1.95 bits per heavy atom. The van der Waals surface area contributed by atoms with E-state index in [-0.39, 0.29) is 30.4 Å². The number of cyclic esters (lactones) is 1. The molecule has 0 aromatic carbocycles. The molecule has 0 aromatic rings. The second kappa shape index (κ2) is 22.3. The van der Waals surface area contributed by atoms with Crippen LogP contribution in [0.3, 0.4) is 0 Å². The van der Waals surface area contributed by atoms with Crippen molar-refractivity contribution in [2.75, 3.05) is 0 Å². The van der Waals surface area contributed by atoms with Gasteiger partial charge in [-0.05, 0) is 77.2 Å². The summed E-state index contributed by atoms with van der Waals surface area (Å²) in [6.45, 7) is 4.06. The molecule has 0 bridgehead atoms. The maximum absolute atomic E-state index is 11.6. The van der Waals surface area contributed by atoms with Crippen molar-refractivity contribution < 1.29 is 34.7 Å². The standard InChI is InChI=1S/C35H62O7/c1-3-4-5-6-7-8-9-10-11-15-21-31(38)33-23-24-34(42-33)32(39)22-17-16-19-29(36)18-13-12-14-20-30(37)26-28-25-27(2)41-35(28)40/h10-11,25,27,29-34,36-39H,3-9,12-24,26H2,1-2H3/b11-10-/t27-,29?,30+,31-,32+,33-,34-/m0/s1. The highest BCUT2D eigenvalue weighted by Crippen LogP contribution is 2.28. The molecule has 0 radical (unpaired) electrons. The Morgan fingerprint density at radius 1 is 0.738 bits per heavy atom. The van der Waals surface area contributed by atoms with Crippen molar-refractivity contribution in [2.24, 2.45) is 0 Å². The monoisotopic (exact) mass is 594 g/mol. The summed E-state index contributed by atoms with van der Waals surface area (Å²) in [5, 5.41) is 41.7. The van der Waals surface area contributed by atoms with Gasteiger partial charge in [0.25, 0.3) is 0 Å². The summed E-state index contributed by atoms with van der Waals surface area (Å²) in [5.74, 6) is -0.316. The van der Waals surface area contributed by atoms with Crippen LogP contribution >= 0.6 is 0 Å². The number of rotatable bonds is 25. The van der Waals surface area contributed by atoms with Crippen molar-refractivity contribution in [1.82, 2.24) is 0 Å². The van der Waals surface area contributed by atoms with Crippen molar-refractivity contribution in [3.63, 3.8) is 0 Å². The summed E-state index contributed by atoms with van der Waals surface area (Å²) >= 11 is 0. The first-order valence-corrected chi connectivity index (χ1v) is 17.2. The van der Waals surface area contributed by atoms with Gasteiger partial charge in [-0.15, -0.1) is 0 Å². The zero-order chi connectivity index (χ0) is 30.6. The van der Waals surface area contributed by atoms with E-state index in [1.54, 1.807) is 6.08 Å². The van der Waals surface area contributed by atoms with Crippen LogP contribution in [0, 0.1) is 0 Å². The molecule has 0 spiro atoms. The number of hydrogen-bond donors (Lipinski definition) is 4. The van der Waals surface area contributed by atoms with Gasteiger partial charge in [-0.25, -0.2) is 4.79 Å². The molecule has 0 aromatic heterocycles. The lowest BCUT2D eigenvalue weighted by molar-refractivity contribution is -0.139. The second-order valence-electron chi connectivity index (χ2n) is 12.8. The summed E-state index contributed by atoms with van der Waals surface area (Å²) in [6.07, 6.45) is 23.4. The fourth-order valence-electron chi connectivity index (χ4n) is 6.12. The molecule has 244 valence electrons. The lowest BCUT2D eigenvalue weighted by Gasteiger charge is -2.22. The SMILES string of the molecule is CCCCCCCC/C=C\CC[C@H](O)[C@@H]1CC[C@@H]([C@H](O)CCCCC(O)CCCCC[C@@H](O)CC2=C[C@H](C)OC2=O)O1. The third-order valence-electron chi connectivity index (χ3n) is 8.77. The van der Waals surface area contributed by atoms with E-state index in [0.717, 1.165) is 70.6 Å². The van der Waals surface area contributed by atoms with E-state index in [0.29, 0.717) is 31.3 Å². The lowest BCUT2D eigenvalue weighted by Crippen LogP contribution is -2.31. The molecule has 7 nitrogen and oxygen atoms in total. The van der Waals surface area contributed by atoms with Gasteiger partial charge in [-0.1, -0.05) is 83.3 Å². The fraction of sp³-hybridized carbons (Fsp3) is 0.857. The van der Waals surface area contributed by atoms with E-state index >= 15 is 0 Å². The predicted molar refractivity (Wildman–Crippen MR) is 168 cm³/mol. The zero-order valence-corrected chi connectivity index (χ0v) is 26.6. The number of aliphatic hydroxyl groups is 4. The van der Waals surface area contributed by atoms with E-state index < -0.39 is 18.3 Å². The highest BCUT2D eigenvalue weighted by molar-refractivity contribution is 5.90. The Morgan fingerprint density at radius 2 is 1.29 bits per heavy atom. The summed E-state index contributed by atoms with van der Waals surface area (Å²) < 4.78 is 11.1. The predicted octanol–water partition coefficient (Wildman–Crippen LogP) is 6.84. The minimum Gasteiger partial charge on any atom is -0.455 e. The van der Waals surface area contributed by atoms with Crippen LogP contribution < -0.4 is 0 Å². The molecule has 7 heteroatoms. The number of unbranched alkanes of at least 4 members (excludes halogenated alkanes) is 9. The number of allylic oxidation sites excluding steroid dienone is 2. The molecule has 42 heavy (non-hydrogen) atoms. The van der Waals surface area contributed by atoms with Crippen LogP contribution in [0.1, 0.15) is 149 Å². The van der Waals surface area contributed by atoms with Gasteiger partial charge >= 0.3 is 5.97 Å². The van der Waals surface area contributed by atoms with Gasteiger partial charge in [0.05, 0.1) is 36.6 Å². The molecule has 2 aliphatic rings. The van der Waals surface area contributed by atoms with Crippen molar-refractivity contribution in [3.8, 4) is 0 Å². The van der Waals surface area contributed by atoms with Gasteiger partial charge in [0, 0.05) is 12.0 Å². The highest BCUT2D eigenvalue weighted by atomic mass is 16.5. The number of ether oxygens (including phenoxy) is 2. The number of hydrogen-bond acceptors (Lipinski definition) is 7. The van der Waals surface area contributed by atoms with Crippen molar-refractivity contribution in [3.05, 3.63) is 23.8 Å². The summed E-state index contributed by atoms with van der Waals surface area (Å²) in [6, 6.07) is 0. The molecule has 2 heterocycles. The third kappa shape index (κ3) is 16.0.